The van der Waals surface area contributed by atoms with Gasteiger partial charge in [0.05, 0.1) is 44.3 Å². The van der Waals surface area contributed by atoms with Crippen molar-refractivity contribution < 1.29 is 37.6 Å². The summed E-state index contributed by atoms with van der Waals surface area (Å²) in [4.78, 5) is 9.53. The van der Waals surface area contributed by atoms with Gasteiger partial charge in [0.25, 0.3) is 15.8 Å². The van der Waals surface area contributed by atoms with Crippen LogP contribution in [0.4, 0.5) is 34.1 Å². The maximum absolute atomic E-state index is 12.2. The average molecular weight is 587 g/mol. The predicted molar refractivity (Wildman–Crippen MR) is 143 cm³/mol. The molecular weight excluding hydrogens is 568 g/mol. The molecule has 4 aromatic carbocycles. The third kappa shape index (κ3) is 6.20. The molecule has 206 valence electrons. The van der Waals surface area contributed by atoms with E-state index in [1.165, 1.54) is 18.2 Å². The molecule has 0 heterocycles. The quantitative estimate of drug-likeness (QED) is 0.0301. The first-order valence-electron chi connectivity index (χ1n) is 10.9. The van der Waals surface area contributed by atoms with E-state index < -0.39 is 31.4 Å². The first-order valence-corrected chi connectivity index (χ1v) is 13.1. The molecule has 0 aliphatic heterocycles. The number of phenolic OH excluding ortho intramolecular Hbond substituents is 1. The number of hydrogen-bond acceptors (Lipinski definition) is 14. The minimum atomic E-state index is -4.96. The van der Waals surface area contributed by atoms with E-state index >= 15 is 0 Å². The number of nitrogen functional groups attached to an aromatic ring is 1. The van der Waals surface area contributed by atoms with Gasteiger partial charge in [-0.2, -0.15) is 18.6 Å². The average Bonchev–Trinajstić information content (AvgIpc) is 2.91. The van der Waals surface area contributed by atoms with E-state index in [2.05, 4.69) is 29.8 Å². The van der Waals surface area contributed by atoms with Crippen molar-refractivity contribution in [2.45, 2.75) is 16.7 Å². The molecule has 0 saturated heterocycles. The molecule has 0 atom stereocenters. The molecule has 0 radical (unpaired) electrons. The minimum absolute atomic E-state index is 0.00948. The molecule has 17 heteroatoms. The van der Waals surface area contributed by atoms with Crippen LogP contribution in [0, 0.1) is 17.0 Å². The number of aromatic hydroxyl groups is 1. The summed E-state index contributed by atoms with van der Waals surface area (Å²) in [6.07, 6.45) is 0. The number of azo groups is 2. The predicted octanol–water partition coefficient (Wildman–Crippen LogP) is 6.85. The molecule has 0 unspecified atom stereocenters. The number of nitrogens with zero attached hydrogens (tertiary/aromatic N) is 5. The Labute approximate surface area is 229 Å². The number of rotatable bonds is 9. The van der Waals surface area contributed by atoms with Crippen LogP contribution in [-0.2, 0) is 19.5 Å². The highest BCUT2D eigenvalue weighted by Crippen LogP contribution is 2.49. The number of nitrogens with two attached hydrogens (primary N) is 1. The molecule has 15 nitrogen and oxygen atoms in total. The SMILES string of the molecule is Cc1ccc(N=Nc2c(SOOO)cc3cc(S(=O)(=O)O)c(N=Nc4ccc([N+](=O)[O-])cc4)c(O)c3c2N)cc1. The molecule has 0 saturated carbocycles. The minimum Gasteiger partial charge on any atom is -0.505 e. The van der Waals surface area contributed by atoms with Crippen LogP contribution in [0.1, 0.15) is 5.56 Å². The Balaban J connectivity index is 1.91. The lowest BCUT2D eigenvalue weighted by molar-refractivity contribution is -0.432. The zero-order chi connectivity index (χ0) is 29.0. The molecule has 5 N–H and O–H groups in total. The maximum Gasteiger partial charge on any atom is 0.296 e. The van der Waals surface area contributed by atoms with Crippen molar-refractivity contribution in [3.63, 3.8) is 0 Å². The fourth-order valence-corrected chi connectivity index (χ4v) is 4.66. The third-order valence-corrected chi connectivity index (χ3v) is 6.86. The monoisotopic (exact) mass is 586 g/mol. The van der Waals surface area contributed by atoms with Crippen molar-refractivity contribution >= 4 is 67.1 Å². The molecule has 0 spiro atoms. The van der Waals surface area contributed by atoms with Gasteiger partial charge in [0.2, 0.25) is 0 Å². The Morgan fingerprint density at radius 1 is 0.950 bits per heavy atom. The summed E-state index contributed by atoms with van der Waals surface area (Å²) in [6.45, 7) is 1.89. The molecule has 0 fully saturated rings. The van der Waals surface area contributed by atoms with E-state index in [9.17, 15) is 28.2 Å². The Bertz CT molecular complexity index is 1760. The van der Waals surface area contributed by atoms with Crippen molar-refractivity contribution in [2.24, 2.45) is 20.5 Å². The van der Waals surface area contributed by atoms with Gasteiger partial charge in [0.1, 0.15) is 16.3 Å². The van der Waals surface area contributed by atoms with Crippen LogP contribution in [0.5, 0.6) is 5.75 Å². The number of aryl methyl sites for hydroxylation is 1. The summed E-state index contributed by atoms with van der Waals surface area (Å²) >= 11 is 0.458. The molecule has 4 aromatic rings. The fourth-order valence-electron chi connectivity index (χ4n) is 3.49. The number of nitro benzene ring substituents is 1. The second-order valence-electron chi connectivity index (χ2n) is 8.02. The second-order valence-corrected chi connectivity index (χ2v) is 10.1. The van der Waals surface area contributed by atoms with E-state index in [0.29, 0.717) is 17.7 Å². The van der Waals surface area contributed by atoms with Gasteiger partial charge in [-0.25, -0.2) is 5.26 Å². The zero-order valence-electron chi connectivity index (χ0n) is 20.2. The van der Waals surface area contributed by atoms with Gasteiger partial charge >= 0.3 is 0 Å². The second kappa shape index (κ2) is 11.7. The summed E-state index contributed by atoms with van der Waals surface area (Å²) in [5, 5.41) is 50.0. The first kappa shape index (κ1) is 28.5. The molecule has 40 heavy (non-hydrogen) atoms. The standard InChI is InChI=1S/C23H18N6O9S2/c1-12-2-4-14(5-3-12)25-27-21-17(39-38-37-33)10-13-11-18(40(34,35)36)22(23(30)19(13)20(21)24)28-26-15-6-8-16(9-7-15)29(31)32/h2-11,30,33H,24H2,1H3,(H,34,35,36). The molecule has 0 bridgehead atoms. The number of anilines is 1. The van der Waals surface area contributed by atoms with Crippen molar-refractivity contribution in [3.05, 3.63) is 76.3 Å². The summed E-state index contributed by atoms with van der Waals surface area (Å²) in [5.41, 5.74) is 6.76. The molecule has 0 aliphatic rings. The molecule has 0 aliphatic carbocycles. The summed E-state index contributed by atoms with van der Waals surface area (Å²) in [7, 11) is -4.96. The Kier molecular flexibility index (Phi) is 8.33. The van der Waals surface area contributed by atoms with Gasteiger partial charge in [-0.15, -0.1) is 14.6 Å². The zero-order valence-corrected chi connectivity index (χ0v) is 21.8. The maximum atomic E-state index is 12.2. The molecular formula is C23H18N6O9S2. The molecule has 0 aromatic heterocycles. The normalized spacial score (nSPS) is 12.1. The van der Waals surface area contributed by atoms with Gasteiger partial charge in [-0.3, -0.25) is 14.7 Å². The lowest BCUT2D eigenvalue weighted by Crippen LogP contribution is -2.00. The molecule has 0 amide bonds. The first-order chi connectivity index (χ1) is 19.0. The van der Waals surface area contributed by atoms with E-state index in [-0.39, 0.29) is 38.4 Å². The largest absolute Gasteiger partial charge is 0.505 e. The number of non-ortho nitro benzene ring substituents is 1. The smallest absolute Gasteiger partial charge is 0.296 e. The van der Waals surface area contributed by atoms with Crippen LogP contribution in [0.3, 0.4) is 0 Å². The van der Waals surface area contributed by atoms with Crippen LogP contribution >= 0.6 is 12.0 Å². The highest BCUT2D eigenvalue weighted by molar-refractivity contribution is 7.94. The number of phenols is 1. The topological polar surface area (TPSA) is 232 Å². The van der Waals surface area contributed by atoms with Gasteiger partial charge in [0, 0.05) is 12.1 Å². The summed E-state index contributed by atoms with van der Waals surface area (Å²) in [5.74, 6) is -0.768. The van der Waals surface area contributed by atoms with Crippen LogP contribution < -0.4 is 5.73 Å². The van der Waals surface area contributed by atoms with Gasteiger partial charge in [-0.1, -0.05) is 22.7 Å². The number of nitro groups is 1. The Morgan fingerprint density at radius 3 is 2.08 bits per heavy atom. The fraction of sp³-hybridized carbons (Fsp3) is 0.0435. The lowest BCUT2D eigenvalue weighted by Gasteiger charge is -2.14. The third-order valence-electron chi connectivity index (χ3n) is 5.37. The van der Waals surface area contributed by atoms with Gasteiger partial charge in [0.15, 0.2) is 5.75 Å². The van der Waals surface area contributed by atoms with Gasteiger partial charge < -0.3 is 10.8 Å². The van der Waals surface area contributed by atoms with Crippen molar-refractivity contribution in [1.82, 2.24) is 0 Å². The Morgan fingerprint density at radius 2 is 1.52 bits per heavy atom. The van der Waals surface area contributed by atoms with Crippen LogP contribution in [0.25, 0.3) is 10.8 Å². The van der Waals surface area contributed by atoms with E-state index in [1.54, 1.807) is 24.3 Å². The summed E-state index contributed by atoms with van der Waals surface area (Å²) in [6, 6.07) is 14.1. The van der Waals surface area contributed by atoms with Gasteiger partial charge in [-0.05, 0) is 48.7 Å². The summed E-state index contributed by atoms with van der Waals surface area (Å²) < 4.78 is 38.7. The number of benzene rings is 4. The van der Waals surface area contributed by atoms with Crippen LogP contribution in [-0.4, -0.2) is 28.3 Å². The van der Waals surface area contributed by atoms with E-state index in [1.807, 2.05) is 6.92 Å². The highest BCUT2D eigenvalue weighted by Gasteiger charge is 2.25. The lowest BCUT2D eigenvalue weighted by atomic mass is 10.1. The van der Waals surface area contributed by atoms with Crippen molar-refractivity contribution in [2.75, 3.05) is 5.73 Å². The van der Waals surface area contributed by atoms with Crippen molar-refractivity contribution in [1.29, 1.82) is 0 Å². The van der Waals surface area contributed by atoms with Crippen molar-refractivity contribution in [3.8, 4) is 5.75 Å². The highest BCUT2D eigenvalue weighted by atomic mass is 32.2. The van der Waals surface area contributed by atoms with E-state index in [4.69, 9.17) is 11.0 Å². The number of hydrogen-bond donors (Lipinski definition) is 4. The number of fused-ring (bicyclic) bond motifs is 1. The molecule has 4 rings (SSSR count). The van der Waals surface area contributed by atoms with Crippen LogP contribution in [0.2, 0.25) is 0 Å². The Hall–Kier alpha value is -4.52. The van der Waals surface area contributed by atoms with Crippen LogP contribution in [0.15, 0.2) is 90.9 Å². The van der Waals surface area contributed by atoms with E-state index in [0.717, 1.165) is 23.8 Å².